The number of nitrogens with one attached hydrogen (secondary N) is 1. The first-order chi connectivity index (χ1) is 11.7. The minimum Gasteiger partial charge on any atom is -0.326 e. The van der Waals surface area contributed by atoms with Crippen molar-refractivity contribution in [2.24, 2.45) is 0 Å². The number of carbonyl (C=O) groups is 1. The Morgan fingerprint density at radius 2 is 1.64 bits per heavy atom. The van der Waals surface area contributed by atoms with Gasteiger partial charge in [-0.1, -0.05) is 29.8 Å². The number of hydrogen-bond acceptors (Lipinski definition) is 3. The van der Waals surface area contributed by atoms with Gasteiger partial charge in [0.2, 0.25) is 15.9 Å². The maximum absolute atomic E-state index is 12.2. The highest BCUT2D eigenvalue weighted by Crippen LogP contribution is 2.27. The van der Waals surface area contributed by atoms with E-state index in [-0.39, 0.29) is 18.9 Å². The van der Waals surface area contributed by atoms with Crippen LogP contribution in [0.4, 0.5) is 11.4 Å². The van der Waals surface area contributed by atoms with Crippen LogP contribution in [0.3, 0.4) is 0 Å². The Labute approximate surface area is 153 Å². The number of benzene rings is 2. The zero-order valence-electron chi connectivity index (χ0n) is 14.4. The van der Waals surface area contributed by atoms with Crippen molar-refractivity contribution in [3.8, 4) is 0 Å². The van der Waals surface area contributed by atoms with E-state index in [4.69, 9.17) is 11.6 Å². The summed E-state index contributed by atoms with van der Waals surface area (Å²) in [5.74, 6) is -0.262. The van der Waals surface area contributed by atoms with Crippen LogP contribution >= 0.6 is 11.6 Å². The molecule has 0 radical (unpaired) electrons. The van der Waals surface area contributed by atoms with E-state index < -0.39 is 10.0 Å². The molecule has 0 aromatic heterocycles. The van der Waals surface area contributed by atoms with E-state index in [1.165, 1.54) is 4.31 Å². The van der Waals surface area contributed by atoms with E-state index in [1.807, 2.05) is 32.0 Å². The monoisotopic (exact) mass is 380 g/mol. The number of para-hydroxylation sites is 1. The molecule has 0 aliphatic rings. The van der Waals surface area contributed by atoms with E-state index in [0.29, 0.717) is 16.4 Å². The summed E-state index contributed by atoms with van der Waals surface area (Å²) < 4.78 is 25.7. The molecule has 5 nitrogen and oxygen atoms in total. The second-order valence-electron chi connectivity index (χ2n) is 5.88. The number of rotatable bonds is 6. The van der Waals surface area contributed by atoms with Gasteiger partial charge >= 0.3 is 0 Å². The maximum Gasteiger partial charge on any atom is 0.232 e. The van der Waals surface area contributed by atoms with E-state index in [0.717, 1.165) is 17.4 Å². The summed E-state index contributed by atoms with van der Waals surface area (Å²) in [6.45, 7) is 3.78. The third-order valence-corrected chi connectivity index (χ3v) is 5.18. The Morgan fingerprint density at radius 1 is 1.08 bits per heavy atom. The molecule has 0 spiro atoms. The van der Waals surface area contributed by atoms with Crippen LogP contribution in [0.5, 0.6) is 0 Å². The summed E-state index contributed by atoms with van der Waals surface area (Å²) in [5, 5.41) is 3.32. The second kappa shape index (κ2) is 7.89. The second-order valence-corrected chi connectivity index (χ2v) is 8.22. The van der Waals surface area contributed by atoms with Gasteiger partial charge in [-0.3, -0.25) is 9.10 Å². The molecular formula is C18H21ClN2O3S. The van der Waals surface area contributed by atoms with Gasteiger partial charge in [-0.05, 0) is 49.2 Å². The topological polar surface area (TPSA) is 66.5 Å². The lowest BCUT2D eigenvalue weighted by molar-refractivity contribution is -0.116. The predicted molar refractivity (Wildman–Crippen MR) is 103 cm³/mol. The number of hydrogen-bond donors (Lipinski definition) is 1. The summed E-state index contributed by atoms with van der Waals surface area (Å²) in [5.41, 5.74) is 2.95. The molecule has 0 unspecified atom stereocenters. The fraction of sp³-hybridized carbons (Fsp3) is 0.278. The van der Waals surface area contributed by atoms with Crippen molar-refractivity contribution in [3.63, 3.8) is 0 Å². The Bertz CT molecular complexity index is 844. The van der Waals surface area contributed by atoms with E-state index in [2.05, 4.69) is 5.32 Å². The number of aryl methyl sites for hydroxylation is 2. The number of amides is 1. The highest BCUT2D eigenvalue weighted by molar-refractivity contribution is 7.92. The number of halogens is 1. The van der Waals surface area contributed by atoms with Crippen molar-refractivity contribution in [3.05, 3.63) is 58.6 Å². The fourth-order valence-electron chi connectivity index (χ4n) is 2.60. The lowest BCUT2D eigenvalue weighted by atomic mass is 10.1. The molecule has 0 aliphatic carbocycles. The van der Waals surface area contributed by atoms with Crippen LogP contribution in [0.15, 0.2) is 42.5 Å². The molecule has 0 heterocycles. The third kappa shape index (κ3) is 5.21. The standard InChI is InChI=1S/C18H21ClN2O3S/c1-13-5-4-6-14(2)18(13)21(25(3,23)24)12-11-17(22)20-16-9-7-15(19)8-10-16/h4-10H,11-12H2,1-3H3,(H,20,22). The van der Waals surface area contributed by atoms with Crippen LogP contribution in [-0.2, 0) is 14.8 Å². The van der Waals surface area contributed by atoms with Crippen molar-refractivity contribution in [2.75, 3.05) is 22.4 Å². The average Bonchev–Trinajstić information content (AvgIpc) is 2.51. The largest absolute Gasteiger partial charge is 0.326 e. The van der Waals surface area contributed by atoms with Crippen LogP contribution in [-0.4, -0.2) is 27.1 Å². The van der Waals surface area contributed by atoms with Gasteiger partial charge in [0, 0.05) is 23.7 Å². The minimum atomic E-state index is -3.50. The predicted octanol–water partition coefficient (Wildman–Crippen LogP) is 3.75. The number of nitrogens with zero attached hydrogens (tertiary/aromatic N) is 1. The van der Waals surface area contributed by atoms with E-state index in [9.17, 15) is 13.2 Å². The van der Waals surface area contributed by atoms with Gasteiger partial charge in [0.15, 0.2) is 0 Å². The summed E-state index contributed by atoms with van der Waals surface area (Å²) >= 11 is 5.81. The van der Waals surface area contributed by atoms with Crippen molar-refractivity contribution < 1.29 is 13.2 Å². The van der Waals surface area contributed by atoms with Gasteiger partial charge in [-0.25, -0.2) is 8.42 Å². The van der Waals surface area contributed by atoms with Crippen LogP contribution < -0.4 is 9.62 Å². The van der Waals surface area contributed by atoms with Gasteiger partial charge in [0.25, 0.3) is 0 Å². The SMILES string of the molecule is Cc1cccc(C)c1N(CCC(=O)Nc1ccc(Cl)cc1)S(C)(=O)=O. The first-order valence-electron chi connectivity index (χ1n) is 7.78. The van der Waals surface area contributed by atoms with Crippen molar-refractivity contribution in [2.45, 2.75) is 20.3 Å². The molecular weight excluding hydrogens is 360 g/mol. The molecule has 0 saturated heterocycles. The van der Waals surface area contributed by atoms with Gasteiger partial charge in [-0.2, -0.15) is 0 Å². The quantitative estimate of drug-likeness (QED) is 0.829. The summed E-state index contributed by atoms with van der Waals surface area (Å²) in [6, 6.07) is 12.3. The van der Waals surface area contributed by atoms with Crippen LogP contribution in [0.25, 0.3) is 0 Å². The minimum absolute atomic E-state index is 0.0451. The molecule has 2 rings (SSSR count). The zero-order chi connectivity index (χ0) is 18.6. The summed E-state index contributed by atoms with van der Waals surface area (Å²) in [6.07, 6.45) is 1.19. The molecule has 2 aromatic carbocycles. The summed E-state index contributed by atoms with van der Waals surface area (Å²) in [4.78, 5) is 12.2. The molecule has 0 saturated carbocycles. The first-order valence-corrected chi connectivity index (χ1v) is 10.0. The highest BCUT2D eigenvalue weighted by Gasteiger charge is 2.21. The number of anilines is 2. The molecule has 0 atom stereocenters. The molecule has 134 valence electrons. The molecule has 1 amide bonds. The first kappa shape index (κ1) is 19.3. The summed E-state index contributed by atoms with van der Waals surface area (Å²) in [7, 11) is -3.50. The van der Waals surface area contributed by atoms with Gasteiger partial charge in [-0.15, -0.1) is 0 Å². The normalized spacial score (nSPS) is 11.2. The molecule has 25 heavy (non-hydrogen) atoms. The lowest BCUT2D eigenvalue weighted by Crippen LogP contribution is -2.34. The van der Waals surface area contributed by atoms with Crippen LogP contribution in [0, 0.1) is 13.8 Å². The van der Waals surface area contributed by atoms with E-state index >= 15 is 0 Å². The molecule has 0 fully saturated rings. The van der Waals surface area contributed by atoms with Crippen LogP contribution in [0.1, 0.15) is 17.5 Å². The molecule has 7 heteroatoms. The fourth-order valence-corrected chi connectivity index (χ4v) is 3.77. The average molecular weight is 381 g/mol. The lowest BCUT2D eigenvalue weighted by Gasteiger charge is -2.25. The molecule has 1 N–H and O–H groups in total. The van der Waals surface area contributed by atoms with Crippen LogP contribution in [0.2, 0.25) is 5.02 Å². The van der Waals surface area contributed by atoms with Gasteiger partial charge in [0.1, 0.15) is 0 Å². The Balaban J connectivity index is 2.13. The number of sulfonamides is 1. The third-order valence-electron chi connectivity index (χ3n) is 3.76. The van der Waals surface area contributed by atoms with E-state index in [1.54, 1.807) is 24.3 Å². The Hall–Kier alpha value is -2.05. The number of carbonyl (C=O) groups excluding carboxylic acids is 1. The zero-order valence-corrected chi connectivity index (χ0v) is 16.0. The van der Waals surface area contributed by atoms with Crippen molar-refractivity contribution in [1.29, 1.82) is 0 Å². The molecule has 2 aromatic rings. The smallest absolute Gasteiger partial charge is 0.232 e. The maximum atomic E-state index is 12.2. The van der Waals surface area contributed by atoms with Gasteiger partial charge in [0.05, 0.1) is 11.9 Å². The van der Waals surface area contributed by atoms with Gasteiger partial charge < -0.3 is 5.32 Å². The Kier molecular flexibility index (Phi) is 6.08. The van der Waals surface area contributed by atoms with Crippen molar-refractivity contribution >= 4 is 38.9 Å². The molecule has 0 aliphatic heterocycles. The Morgan fingerprint density at radius 3 is 2.16 bits per heavy atom. The highest BCUT2D eigenvalue weighted by atomic mass is 35.5. The molecule has 0 bridgehead atoms. The van der Waals surface area contributed by atoms with Crippen molar-refractivity contribution in [1.82, 2.24) is 0 Å².